The summed E-state index contributed by atoms with van der Waals surface area (Å²) in [6.45, 7) is 2.82. The predicted octanol–water partition coefficient (Wildman–Crippen LogP) is 3.26. The third kappa shape index (κ3) is 4.60. The summed E-state index contributed by atoms with van der Waals surface area (Å²) in [4.78, 5) is 1.95. The summed E-state index contributed by atoms with van der Waals surface area (Å²) in [7, 11) is -4.92. The van der Waals surface area contributed by atoms with Crippen LogP contribution in [0.4, 0.5) is 15.8 Å². The minimum atomic E-state index is -4.04. The Hall–Kier alpha value is -2.17. The third-order valence-corrected chi connectivity index (χ3v) is 8.44. The van der Waals surface area contributed by atoms with E-state index in [1.54, 1.807) is 6.07 Å². The quantitative estimate of drug-likeness (QED) is 0.723. The number of benzene rings is 2. The van der Waals surface area contributed by atoms with Crippen LogP contribution in [0, 0.1) is 5.82 Å². The van der Waals surface area contributed by atoms with E-state index in [-0.39, 0.29) is 21.5 Å². The molecule has 1 atom stereocenters. The molecule has 0 saturated carbocycles. The van der Waals surface area contributed by atoms with Crippen LogP contribution in [0.1, 0.15) is 26.2 Å². The third-order valence-electron chi connectivity index (χ3n) is 5.23. The lowest BCUT2D eigenvalue weighted by Gasteiger charge is -2.36. The van der Waals surface area contributed by atoms with E-state index in [0.717, 1.165) is 30.1 Å². The second-order valence-electron chi connectivity index (χ2n) is 7.56. The first-order chi connectivity index (χ1) is 14.0. The molecule has 0 bridgehead atoms. The normalized spacial score (nSPS) is 17.9. The Bertz CT molecular complexity index is 1120. The van der Waals surface area contributed by atoms with E-state index < -0.39 is 25.9 Å². The van der Waals surface area contributed by atoms with Crippen LogP contribution in [0.5, 0.6) is 0 Å². The number of piperidine rings is 1. The SMILES string of the molecule is CC1CCCCN1c1ccc(F)cc1NS(=O)(=O)c1ccc(S(=O)(=O)N(C)C)cc1. The van der Waals surface area contributed by atoms with Gasteiger partial charge in [0.1, 0.15) is 5.82 Å². The van der Waals surface area contributed by atoms with Gasteiger partial charge in [0.2, 0.25) is 10.0 Å². The van der Waals surface area contributed by atoms with Crippen molar-refractivity contribution in [2.24, 2.45) is 0 Å². The molecule has 1 fully saturated rings. The lowest BCUT2D eigenvalue weighted by Crippen LogP contribution is -2.38. The maximum absolute atomic E-state index is 13.9. The molecule has 3 rings (SSSR count). The van der Waals surface area contributed by atoms with Crippen LogP contribution in [-0.4, -0.2) is 47.8 Å². The second-order valence-corrected chi connectivity index (χ2v) is 11.4. The van der Waals surface area contributed by atoms with Gasteiger partial charge in [0.05, 0.1) is 21.2 Å². The number of sulfonamides is 2. The molecule has 1 aliphatic rings. The Morgan fingerprint density at radius 1 is 1.00 bits per heavy atom. The lowest BCUT2D eigenvalue weighted by molar-refractivity contribution is 0.485. The van der Waals surface area contributed by atoms with Crippen LogP contribution in [0.25, 0.3) is 0 Å². The Balaban J connectivity index is 1.93. The highest BCUT2D eigenvalue weighted by Gasteiger charge is 2.24. The molecule has 1 aliphatic heterocycles. The monoisotopic (exact) mass is 455 g/mol. The smallest absolute Gasteiger partial charge is 0.261 e. The van der Waals surface area contributed by atoms with Crippen LogP contribution in [-0.2, 0) is 20.0 Å². The molecule has 30 heavy (non-hydrogen) atoms. The van der Waals surface area contributed by atoms with Gasteiger partial charge in [-0.1, -0.05) is 0 Å². The highest BCUT2D eigenvalue weighted by molar-refractivity contribution is 7.92. The topological polar surface area (TPSA) is 86.8 Å². The Morgan fingerprint density at radius 3 is 2.23 bits per heavy atom. The minimum Gasteiger partial charge on any atom is -0.367 e. The summed E-state index contributed by atoms with van der Waals surface area (Å²) < 4.78 is 67.6. The number of anilines is 2. The van der Waals surface area contributed by atoms with Gasteiger partial charge in [-0.3, -0.25) is 4.72 Å². The molecule has 0 aliphatic carbocycles. The van der Waals surface area contributed by atoms with Gasteiger partial charge in [-0.05, 0) is 62.6 Å². The van der Waals surface area contributed by atoms with Crippen molar-refractivity contribution in [1.82, 2.24) is 4.31 Å². The Morgan fingerprint density at radius 2 is 1.63 bits per heavy atom. The van der Waals surface area contributed by atoms with E-state index >= 15 is 0 Å². The molecule has 2 aromatic rings. The number of hydrogen-bond acceptors (Lipinski definition) is 5. The predicted molar refractivity (Wildman–Crippen MR) is 115 cm³/mol. The molecule has 1 N–H and O–H groups in total. The van der Waals surface area contributed by atoms with E-state index in [1.807, 2.05) is 0 Å². The summed E-state index contributed by atoms with van der Waals surface area (Å²) in [5.74, 6) is -0.548. The van der Waals surface area contributed by atoms with E-state index in [1.165, 1.54) is 50.5 Å². The van der Waals surface area contributed by atoms with Gasteiger partial charge in [0.25, 0.3) is 10.0 Å². The maximum Gasteiger partial charge on any atom is 0.261 e. The number of rotatable bonds is 6. The number of nitrogens with zero attached hydrogens (tertiary/aromatic N) is 2. The van der Waals surface area contributed by atoms with E-state index in [4.69, 9.17) is 0 Å². The fourth-order valence-corrected chi connectivity index (χ4v) is 5.47. The average Bonchev–Trinajstić information content (AvgIpc) is 2.68. The van der Waals surface area contributed by atoms with E-state index in [0.29, 0.717) is 5.69 Å². The second kappa shape index (κ2) is 8.52. The highest BCUT2D eigenvalue weighted by atomic mass is 32.2. The van der Waals surface area contributed by atoms with Gasteiger partial charge < -0.3 is 4.90 Å². The van der Waals surface area contributed by atoms with Gasteiger partial charge in [-0.2, -0.15) is 0 Å². The first-order valence-electron chi connectivity index (χ1n) is 9.64. The van der Waals surface area contributed by atoms with Crippen LogP contribution in [0.3, 0.4) is 0 Å². The molecule has 164 valence electrons. The van der Waals surface area contributed by atoms with Crippen LogP contribution >= 0.6 is 0 Å². The average molecular weight is 456 g/mol. The van der Waals surface area contributed by atoms with Crippen molar-refractivity contribution in [3.8, 4) is 0 Å². The number of halogens is 1. The van der Waals surface area contributed by atoms with Crippen LogP contribution < -0.4 is 9.62 Å². The first-order valence-corrected chi connectivity index (χ1v) is 12.6. The Kier molecular flexibility index (Phi) is 6.40. The zero-order valence-corrected chi connectivity index (χ0v) is 18.8. The van der Waals surface area contributed by atoms with E-state index in [2.05, 4.69) is 16.5 Å². The van der Waals surface area contributed by atoms with Crippen molar-refractivity contribution in [3.05, 3.63) is 48.3 Å². The van der Waals surface area contributed by atoms with Crippen molar-refractivity contribution in [1.29, 1.82) is 0 Å². The molecule has 10 heteroatoms. The van der Waals surface area contributed by atoms with Gasteiger partial charge in [0, 0.05) is 32.7 Å². The van der Waals surface area contributed by atoms with Crippen molar-refractivity contribution >= 4 is 31.4 Å². The zero-order valence-electron chi connectivity index (χ0n) is 17.2. The van der Waals surface area contributed by atoms with Crippen molar-refractivity contribution in [2.75, 3.05) is 30.3 Å². The molecule has 0 radical (unpaired) electrons. The number of nitrogens with one attached hydrogen (secondary N) is 1. The number of hydrogen-bond donors (Lipinski definition) is 1. The molecule has 1 heterocycles. The summed E-state index contributed by atoms with van der Waals surface area (Å²) in [6, 6.07) is 9.20. The van der Waals surface area contributed by atoms with Crippen molar-refractivity contribution < 1.29 is 21.2 Å². The van der Waals surface area contributed by atoms with E-state index in [9.17, 15) is 21.2 Å². The molecular formula is C20H26FN3O4S2. The largest absolute Gasteiger partial charge is 0.367 e. The summed E-state index contributed by atoms with van der Waals surface area (Å²) in [6.07, 6.45) is 3.06. The molecule has 7 nitrogen and oxygen atoms in total. The van der Waals surface area contributed by atoms with Gasteiger partial charge >= 0.3 is 0 Å². The van der Waals surface area contributed by atoms with Crippen molar-refractivity contribution in [2.45, 2.75) is 42.0 Å². The summed E-state index contributed by atoms with van der Waals surface area (Å²) in [5, 5.41) is 0. The first kappa shape index (κ1) is 22.5. The molecule has 0 spiro atoms. The van der Waals surface area contributed by atoms with Gasteiger partial charge in [0.15, 0.2) is 0 Å². The zero-order chi connectivity index (χ0) is 22.1. The molecule has 1 saturated heterocycles. The fourth-order valence-electron chi connectivity index (χ4n) is 3.50. The fraction of sp³-hybridized carbons (Fsp3) is 0.400. The summed E-state index contributed by atoms with van der Waals surface area (Å²) >= 11 is 0. The molecule has 0 amide bonds. The minimum absolute atomic E-state index is 0.0139. The molecular weight excluding hydrogens is 429 g/mol. The Labute approximate surface area is 177 Å². The lowest BCUT2D eigenvalue weighted by atomic mass is 10.0. The standard InChI is InChI=1S/C20H26FN3O4S2/c1-15-6-4-5-13-24(15)20-12-7-16(21)14-19(20)22-29(25,26)17-8-10-18(11-9-17)30(27,28)23(2)3/h7-12,14-15,22H,4-6,13H2,1-3H3. The summed E-state index contributed by atoms with van der Waals surface area (Å²) in [5.41, 5.74) is 0.785. The molecule has 2 aromatic carbocycles. The van der Waals surface area contributed by atoms with Gasteiger partial charge in [-0.15, -0.1) is 0 Å². The molecule has 1 unspecified atom stereocenters. The van der Waals surface area contributed by atoms with Crippen LogP contribution in [0.15, 0.2) is 52.3 Å². The highest BCUT2D eigenvalue weighted by Crippen LogP contribution is 2.33. The maximum atomic E-state index is 13.9. The van der Waals surface area contributed by atoms with Crippen LogP contribution in [0.2, 0.25) is 0 Å². The molecule has 0 aromatic heterocycles. The van der Waals surface area contributed by atoms with Gasteiger partial charge in [-0.25, -0.2) is 25.5 Å². The van der Waals surface area contributed by atoms with Crippen molar-refractivity contribution in [3.63, 3.8) is 0 Å².